The van der Waals surface area contributed by atoms with E-state index in [0.29, 0.717) is 44.2 Å². The number of aryl methyl sites for hydroxylation is 1. The van der Waals surface area contributed by atoms with Crippen molar-refractivity contribution in [2.24, 2.45) is 0 Å². The van der Waals surface area contributed by atoms with Crippen LogP contribution in [0, 0.1) is 0 Å². The fourth-order valence-electron chi connectivity index (χ4n) is 4.13. The molecule has 11 nitrogen and oxygen atoms in total. The van der Waals surface area contributed by atoms with E-state index in [1.165, 1.54) is 4.31 Å². The van der Waals surface area contributed by atoms with E-state index in [-0.39, 0.29) is 49.1 Å². The van der Waals surface area contributed by atoms with E-state index in [4.69, 9.17) is 9.47 Å². The summed E-state index contributed by atoms with van der Waals surface area (Å²) in [7, 11) is -3.66. The Bertz CT molecular complexity index is 1190. The Kier molecular flexibility index (Phi) is 7.29. The van der Waals surface area contributed by atoms with E-state index >= 15 is 0 Å². The summed E-state index contributed by atoms with van der Waals surface area (Å²) in [5.41, 5.74) is 1.25. The maximum absolute atomic E-state index is 13.0. The Morgan fingerprint density at radius 1 is 1.12 bits per heavy atom. The summed E-state index contributed by atoms with van der Waals surface area (Å²) in [6.45, 7) is 3.87. The summed E-state index contributed by atoms with van der Waals surface area (Å²) in [5.74, 6) is -0.589. The molecule has 0 aliphatic carbocycles. The molecule has 2 aliphatic rings. The highest BCUT2D eigenvalue weighted by atomic mass is 32.2. The molecule has 12 heteroatoms. The molecule has 0 bridgehead atoms. The lowest BCUT2D eigenvalue weighted by atomic mass is 10.3. The van der Waals surface area contributed by atoms with Crippen LogP contribution in [0.3, 0.4) is 0 Å². The lowest BCUT2D eigenvalue weighted by Crippen LogP contribution is -2.40. The lowest BCUT2D eigenvalue weighted by molar-refractivity contribution is -0.146. The number of nitrogens with zero attached hydrogens (tertiary/aromatic N) is 4. The molecule has 0 saturated carbocycles. The first kappa shape index (κ1) is 24.3. The van der Waals surface area contributed by atoms with Gasteiger partial charge in [-0.15, -0.1) is 0 Å². The Morgan fingerprint density at radius 2 is 1.82 bits per heavy atom. The van der Waals surface area contributed by atoms with E-state index in [0.717, 1.165) is 16.8 Å². The number of morpholine rings is 1. The SMILES string of the molecule is CCCn1c(COC(=O)CCN2C(=O)CCC2=O)nc2cc(S(=O)(=O)N3CCOCC3)ccc21. The molecule has 2 aromatic rings. The number of fused-ring (bicyclic) bond motifs is 1. The third-order valence-electron chi connectivity index (χ3n) is 5.91. The zero-order valence-corrected chi connectivity index (χ0v) is 19.9. The monoisotopic (exact) mass is 492 g/mol. The predicted molar refractivity (Wildman–Crippen MR) is 120 cm³/mol. The number of benzene rings is 1. The molecular formula is C22H28N4O7S. The Hall–Kier alpha value is -2.83. The third kappa shape index (κ3) is 4.98. The maximum Gasteiger partial charge on any atom is 0.308 e. The molecule has 184 valence electrons. The van der Waals surface area contributed by atoms with Gasteiger partial charge in [0.1, 0.15) is 12.4 Å². The third-order valence-corrected chi connectivity index (χ3v) is 7.81. The summed E-state index contributed by atoms with van der Waals surface area (Å²) < 4.78 is 39.9. The van der Waals surface area contributed by atoms with Gasteiger partial charge in [-0.25, -0.2) is 13.4 Å². The van der Waals surface area contributed by atoms with Gasteiger partial charge in [0.25, 0.3) is 0 Å². The quantitative estimate of drug-likeness (QED) is 0.375. The first-order valence-corrected chi connectivity index (χ1v) is 12.8. The molecule has 1 aromatic heterocycles. The highest BCUT2D eigenvalue weighted by Gasteiger charge is 2.29. The smallest absolute Gasteiger partial charge is 0.308 e. The van der Waals surface area contributed by atoms with E-state index in [2.05, 4.69) is 4.98 Å². The minimum absolute atomic E-state index is 0.00460. The van der Waals surface area contributed by atoms with Crippen molar-refractivity contribution in [3.8, 4) is 0 Å². The number of imidazole rings is 1. The molecule has 0 unspecified atom stereocenters. The van der Waals surface area contributed by atoms with Crippen LogP contribution in [0.5, 0.6) is 0 Å². The van der Waals surface area contributed by atoms with Crippen LogP contribution in [0.1, 0.15) is 38.4 Å². The van der Waals surface area contributed by atoms with Crippen LogP contribution in [-0.4, -0.2) is 77.8 Å². The number of likely N-dealkylation sites (tertiary alicyclic amines) is 1. The van der Waals surface area contributed by atoms with E-state index in [1.807, 2.05) is 11.5 Å². The maximum atomic E-state index is 13.0. The van der Waals surface area contributed by atoms with Crippen LogP contribution in [0.25, 0.3) is 11.0 Å². The van der Waals surface area contributed by atoms with Crippen LogP contribution in [0.4, 0.5) is 0 Å². The van der Waals surface area contributed by atoms with Crippen molar-refractivity contribution in [3.05, 3.63) is 24.0 Å². The van der Waals surface area contributed by atoms with Gasteiger partial charge in [0.05, 0.1) is 35.6 Å². The number of rotatable bonds is 9. The summed E-state index contributed by atoms with van der Waals surface area (Å²) in [6, 6.07) is 4.84. The Labute approximate surface area is 197 Å². The molecule has 2 amide bonds. The van der Waals surface area contributed by atoms with Gasteiger partial charge in [0.2, 0.25) is 21.8 Å². The van der Waals surface area contributed by atoms with Crippen molar-refractivity contribution in [3.63, 3.8) is 0 Å². The largest absolute Gasteiger partial charge is 0.457 e. The zero-order chi connectivity index (χ0) is 24.3. The van der Waals surface area contributed by atoms with Crippen LogP contribution in [0.15, 0.2) is 23.1 Å². The predicted octanol–water partition coefficient (Wildman–Crippen LogP) is 1.05. The fraction of sp³-hybridized carbons (Fsp3) is 0.545. The normalized spacial score (nSPS) is 17.6. The number of carbonyl (C=O) groups excluding carboxylic acids is 3. The van der Waals surface area contributed by atoms with Gasteiger partial charge in [-0.1, -0.05) is 6.92 Å². The topological polar surface area (TPSA) is 128 Å². The minimum Gasteiger partial charge on any atom is -0.457 e. The number of ether oxygens (including phenoxy) is 2. The summed E-state index contributed by atoms with van der Waals surface area (Å²) >= 11 is 0. The molecule has 2 fully saturated rings. The minimum atomic E-state index is -3.66. The molecule has 3 heterocycles. The van der Waals surface area contributed by atoms with Crippen LogP contribution in [0.2, 0.25) is 0 Å². The molecule has 0 atom stereocenters. The summed E-state index contributed by atoms with van der Waals surface area (Å²) in [6.07, 6.45) is 1.07. The molecule has 0 N–H and O–H groups in total. The standard InChI is InChI=1S/C22H28N4O7S/c1-2-8-25-18-4-3-16(34(30,31)24-10-12-32-13-11-24)14-17(18)23-19(25)15-33-22(29)7-9-26-20(27)5-6-21(26)28/h3-4,14H,2,5-13,15H2,1H3. The number of hydrogen-bond donors (Lipinski definition) is 0. The van der Waals surface area contributed by atoms with Crippen molar-refractivity contribution in [1.82, 2.24) is 18.8 Å². The van der Waals surface area contributed by atoms with E-state index in [9.17, 15) is 22.8 Å². The molecule has 2 saturated heterocycles. The average Bonchev–Trinajstić information content (AvgIpc) is 3.35. The first-order chi connectivity index (χ1) is 16.3. The van der Waals surface area contributed by atoms with Crippen molar-refractivity contribution >= 4 is 38.8 Å². The van der Waals surface area contributed by atoms with Crippen LogP contribution >= 0.6 is 0 Å². The van der Waals surface area contributed by atoms with Gasteiger partial charge in [-0.05, 0) is 24.6 Å². The highest BCUT2D eigenvalue weighted by Crippen LogP contribution is 2.24. The number of imide groups is 1. The molecular weight excluding hydrogens is 464 g/mol. The van der Waals surface area contributed by atoms with E-state index in [1.54, 1.807) is 18.2 Å². The number of sulfonamides is 1. The van der Waals surface area contributed by atoms with Crippen molar-refractivity contribution < 1.29 is 32.3 Å². The molecule has 34 heavy (non-hydrogen) atoms. The van der Waals surface area contributed by atoms with Crippen molar-refractivity contribution in [2.45, 2.75) is 50.7 Å². The van der Waals surface area contributed by atoms with Crippen LogP contribution in [-0.2, 0) is 47.0 Å². The van der Waals surface area contributed by atoms with Gasteiger partial charge in [0, 0.05) is 39.0 Å². The molecule has 0 spiro atoms. The molecule has 4 rings (SSSR count). The van der Waals surface area contributed by atoms with Gasteiger partial charge < -0.3 is 14.0 Å². The Balaban J connectivity index is 1.48. The Morgan fingerprint density at radius 3 is 2.50 bits per heavy atom. The molecule has 0 radical (unpaired) electrons. The zero-order valence-electron chi connectivity index (χ0n) is 19.1. The lowest BCUT2D eigenvalue weighted by Gasteiger charge is -2.26. The van der Waals surface area contributed by atoms with Gasteiger partial charge >= 0.3 is 5.97 Å². The molecule has 2 aliphatic heterocycles. The fourth-order valence-corrected chi connectivity index (χ4v) is 5.56. The number of esters is 1. The number of hydrogen-bond acceptors (Lipinski definition) is 8. The molecule has 1 aromatic carbocycles. The second kappa shape index (κ2) is 10.2. The second-order valence-corrected chi connectivity index (χ2v) is 10.1. The number of amides is 2. The van der Waals surface area contributed by atoms with Crippen molar-refractivity contribution in [1.29, 1.82) is 0 Å². The van der Waals surface area contributed by atoms with Gasteiger partial charge in [-0.2, -0.15) is 4.31 Å². The summed E-state index contributed by atoms with van der Waals surface area (Å²) in [4.78, 5) is 41.4. The van der Waals surface area contributed by atoms with Gasteiger partial charge in [0.15, 0.2) is 0 Å². The first-order valence-electron chi connectivity index (χ1n) is 11.4. The van der Waals surface area contributed by atoms with Gasteiger partial charge in [-0.3, -0.25) is 19.3 Å². The van der Waals surface area contributed by atoms with Crippen LogP contribution < -0.4 is 0 Å². The van der Waals surface area contributed by atoms with Crippen molar-refractivity contribution in [2.75, 3.05) is 32.8 Å². The average molecular weight is 493 g/mol. The number of carbonyl (C=O) groups is 3. The van der Waals surface area contributed by atoms with E-state index < -0.39 is 16.0 Å². The second-order valence-electron chi connectivity index (χ2n) is 8.20. The highest BCUT2D eigenvalue weighted by molar-refractivity contribution is 7.89. The number of aromatic nitrogens is 2. The summed E-state index contributed by atoms with van der Waals surface area (Å²) in [5, 5.41) is 0.